The lowest BCUT2D eigenvalue weighted by atomic mass is 10.0. The Kier molecular flexibility index (Phi) is 49.1. The molecule has 0 aromatic rings. The van der Waals surface area contributed by atoms with Crippen molar-refractivity contribution < 1.29 is 24.5 Å². The summed E-state index contributed by atoms with van der Waals surface area (Å²) < 4.78 is 5.42. The van der Waals surface area contributed by atoms with Gasteiger partial charge in [-0.1, -0.05) is 224 Å². The molecule has 0 aliphatic heterocycles. The molecule has 0 aromatic carbocycles. The van der Waals surface area contributed by atoms with Crippen LogP contribution in [-0.4, -0.2) is 47.4 Å². The molecule has 0 heterocycles. The molecule has 0 aliphatic carbocycles. The van der Waals surface area contributed by atoms with E-state index < -0.39 is 12.1 Å². The van der Waals surface area contributed by atoms with E-state index in [0.717, 1.165) is 70.6 Å². The molecule has 0 fully saturated rings. The minimum Gasteiger partial charge on any atom is -0.466 e. The minimum atomic E-state index is -0.877. The van der Waals surface area contributed by atoms with Gasteiger partial charge in [0.1, 0.15) is 0 Å². The van der Waals surface area contributed by atoms with Crippen LogP contribution in [0.5, 0.6) is 0 Å². The van der Waals surface area contributed by atoms with Crippen LogP contribution >= 0.6 is 0 Å². The highest BCUT2D eigenvalue weighted by molar-refractivity contribution is 5.76. The Balaban J connectivity index is 3.58. The number of rotatable bonds is 49. The number of aliphatic hydroxyl groups is 2. The molecule has 0 bridgehead atoms. The van der Waals surface area contributed by atoms with Crippen LogP contribution in [0.3, 0.4) is 0 Å². The first kappa shape index (κ1) is 59.1. The number of carbonyl (C=O) groups excluding carboxylic acids is 2. The third-order valence-corrected chi connectivity index (χ3v) is 12.1. The van der Waals surface area contributed by atoms with Crippen molar-refractivity contribution in [1.82, 2.24) is 5.32 Å². The van der Waals surface area contributed by atoms with Gasteiger partial charge in [0.15, 0.2) is 0 Å². The lowest BCUT2D eigenvalue weighted by molar-refractivity contribution is -0.143. The van der Waals surface area contributed by atoms with E-state index in [1.165, 1.54) is 180 Å². The van der Waals surface area contributed by atoms with E-state index >= 15 is 0 Å². The average molecular weight is 858 g/mol. The lowest BCUT2D eigenvalue weighted by Crippen LogP contribution is -2.45. The first-order chi connectivity index (χ1) is 30.0. The fraction of sp³-hybridized carbons (Fsp3) is 0.855. The number of unbranched alkanes of at least 4 members (excludes halogenated alkanes) is 34. The number of ether oxygens (including phenoxy) is 1. The molecule has 0 rings (SSSR count). The van der Waals surface area contributed by atoms with Crippen molar-refractivity contribution in [2.24, 2.45) is 0 Å². The van der Waals surface area contributed by atoms with Crippen molar-refractivity contribution in [3.63, 3.8) is 0 Å². The molecule has 61 heavy (non-hydrogen) atoms. The maximum atomic E-state index is 12.4. The molecule has 3 N–H and O–H groups in total. The highest BCUT2D eigenvalue weighted by Crippen LogP contribution is 2.16. The Morgan fingerprint density at radius 1 is 0.443 bits per heavy atom. The van der Waals surface area contributed by atoms with Crippen LogP contribution in [0.4, 0.5) is 0 Å². The van der Waals surface area contributed by atoms with Gasteiger partial charge in [-0.2, -0.15) is 0 Å². The zero-order valence-electron chi connectivity index (χ0n) is 40.6. The normalized spacial score (nSPS) is 12.9. The van der Waals surface area contributed by atoms with Crippen LogP contribution in [-0.2, 0) is 14.3 Å². The molecule has 2 unspecified atom stereocenters. The fourth-order valence-electron chi connectivity index (χ4n) is 7.98. The monoisotopic (exact) mass is 858 g/mol. The van der Waals surface area contributed by atoms with Gasteiger partial charge < -0.3 is 20.3 Å². The molecule has 358 valence electrons. The molecule has 0 spiro atoms. The van der Waals surface area contributed by atoms with Crippen LogP contribution in [0.2, 0.25) is 0 Å². The fourth-order valence-corrected chi connectivity index (χ4v) is 7.98. The second kappa shape index (κ2) is 50.7. The molecule has 0 radical (unpaired) electrons. The summed E-state index contributed by atoms with van der Waals surface area (Å²) in [6.45, 7) is 4.79. The summed E-state index contributed by atoms with van der Waals surface area (Å²) in [5, 5.41) is 23.1. The van der Waals surface area contributed by atoms with E-state index in [1.807, 2.05) is 6.08 Å². The van der Waals surface area contributed by atoms with Crippen LogP contribution in [0.25, 0.3) is 0 Å². The summed E-state index contributed by atoms with van der Waals surface area (Å²) >= 11 is 0. The highest BCUT2D eigenvalue weighted by atomic mass is 16.5. The third-order valence-electron chi connectivity index (χ3n) is 12.1. The summed E-state index contributed by atoms with van der Waals surface area (Å²) in [7, 11) is 0. The van der Waals surface area contributed by atoms with Gasteiger partial charge in [-0.3, -0.25) is 9.59 Å². The summed E-state index contributed by atoms with van der Waals surface area (Å²) in [5.74, 6) is -0.176. The summed E-state index contributed by atoms with van der Waals surface area (Å²) in [6, 6.07) is -0.667. The second-order valence-electron chi connectivity index (χ2n) is 18.2. The van der Waals surface area contributed by atoms with Crippen molar-refractivity contribution in [1.29, 1.82) is 0 Å². The van der Waals surface area contributed by atoms with E-state index in [4.69, 9.17) is 4.74 Å². The number of allylic oxidation sites excluding steroid dienone is 5. The predicted octanol–water partition coefficient (Wildman–Crippen LogP) is 16.1. The van der Waals surface area contributed by atoms with E-state index in [-0.39, 0.29) is 18.5 Å². The lowest BCUT2D eigenvalue weighted by Gasteiger charge is -2.19. The molecule has 0 saturated heterocycles. The first-order valence-corrected chi connectivity index (χ1v) is 26.8. The Bertz CT molecular complexity index is 993. The van der Waals surface area contributed by atoms with Crippen LogP contribution < -0.4 is 5.32 Å². The van der Waals surface area contributed by atoms with Crippen molar-refractivity contribution in [3.8, 4) is 0 Å². The highest BCUT2D eigenvalue weighted by Gasteiger charge is 2.17. The Hall–Kier alpha value is -1.92. The quantitative estimate of drug-likeness (QED) is 0.0322. The number of carbonyl (C=O) groups is 2. The minimum absolute atomic E-state index is 0.0481. The molecule has 2 atom stereocenters. The number of hydrogen-bond donors (Lipinski definition) is 3. The molecular weight excluding hydrogens is 755 g/mol. The molecule has 1 amide bonds. The van der Waals surface area contributed by atoms with Gasteiger partial charge in [0.05, 0.1) is 25.4 Å². The predicted molar refractivity (Wildman–Crippen MR) is 264 cm³/mol. The molecule has 6 nitrogen and oxygen atoms in total. The van der Waals surface area contributed by atoms with Gasteiger partial charge in [-0.15, -0.1) is 0 Å². The number of amides is 1. The zero-order chi connectivity index (χ0) is 44.4. The first-order valence-electron chi connectivity index (χ1n) is 26.8. The van der Waals surface area contributed by atoms with Crippen LogP contribution in [0.15, 0.2) is 36.5 Å². The SMILES string of the molecule is CCCCC/C=C\CCCCCCCC(=O)OCCCCCC/C=C\CCCC(=O)NC(CO)C(O)/C=C/CCCCCCCCCCCCCCCCCCCCCCC. The zero-order valence-corrected chi connectivity index (χ0v) is 40.6. The van der Waals surface area contributed by atoms with E-state index in [9.17, 15) is 19.8 Å². The number of nitrogens with one attached hydrogen (secondary N) is 1. The Morgan fingerprint density at radius 3 is 1.23 bits per heavy atom. The Morgan fingerprint density at radius 2 is 0.787 bits per heavy atom. The molecule has 0 aromatic heterocycles. The number of hydrogen-bond acceptors (Lipinski definition) is 5. The maximum absolute atomic E-state index is 12.4. The smallest absolute Gasteiger partial charge is 0.305 e. The second-order valence-corrected chi connectivity index (χ2v) is 18.2. The van der Waals surface area contributed by atoms with Gasteiger partial charge in [-0.05, 0) is 77.0 Å². The molecule has 0 saturated carbocycles. The van der Waals surface area contributed by atoms with Gasteiger partial charge >= 0.3 is 5.97 Å². The van der Waals surface area contributed by atoms with Crippen LogP contribution in [0.1, 0.15) is 277 Å². The maximum Gasteiger partial charge on any atom is 0.305 e. The number of esters is 1. The van der Waals surface area contributed by atoms with E-state index in [0.29, 0.717) is 19.4 Å². The molecular formula is C55H103NO5. The Labute approximate surface area is 379 Å². The molecule has 0 aliphatic rings. The van der Waals surface area contributed by atoms with Crippen LogP contribution in [0, 0.1) is 0 Å². The summed E-state index contributed by atoms with van der Waals surface area (Å²) in [4.78, 5) is 24.4. The molecule has 6 heteroatoms. The van der Waals surface area contributed by atoms with Crippen molar-refractivity contribution in [2.75, 3.05) is 13.2 Å². The van der Waals surface area contributed by atoms with Crippen molar-refractivity contribution in [3.05, 3.63) is 36.5 Å². The van der Waals surface area contributed by atoms with E-state index in [2.05, 4.69) is 43.5 Å². The van der Waals surface area contributed by atoms with E-state index in [1.54, 1.807) is 6.08 Å². The van der Waals surface area contributed by atoms with Gasteiger partial charge in [-0.25, -0.2) is 0 Å². The standard InChI is InChI=1S/C55H103NO5/c1-3-5-7-9-11-13-15-17-18-19-20-21-22-23-24-25-26-27-28-31-35-39-43-47-53(58)52(51-57)56-54(59)48-44-40-36-32-30-34-38-42-46-50-61-55(60)49-45-41-37-33-29-16-14-12-10-8-6-4-2/h12,14,32,36,43,47,52-53,57-58H,3-11,13,15-31,33-35,37-42,44-46,48-51H2,1-2H3,(H,56,59)/b14-12-,36-32-,47-43+. The summed E-state index contributed by atoms with van der Waals surface area (Å²) in [5.41, 5.74) is 0. The van der Waals surface area contributed by atoms with Gasteiger partial charge in [0.2, 0.25) is 5.91 Å². The average Bonchev–Trinajstić information content (AvgIpc) is 3.26. The third kappa shape index (κ3) is 47.4. The van der Waals surface area contributed by atoms with Crippen molar-refractivity contribution >= 4 is 11.9 Å². The largest absolute Gasteiger partial charge is 0.466 e. The van der Waals surface area contributed by atoms with Crippen molar-refractivity contribution in [2.45, 2.75) is 289 Å². The number of aliphatic hydroxyl groups excluding tert-OH is 2. The van der Waals surface area contributed by atoms with Gasteiger partial charge in [0, 0.05) is 12.8 Å². The van der Waals surface area contributed by atoms with Gasteiger partial charge in [0.25, 0.3) is 0 Å². The topological polar surface area (TPSA) is 95.9 Å². The summed E-state index contributed by atoms with van der Waals surface area (Å²) in [6.07, 6.45) is 61.6.